The zero-order valence-electron chi connectivity index (χ0n) is 11.9. The van der Waals surface area contributed by atoms with Gasteiger partial charge in [0, 0.05) is 17.5 Å². The van der Waals surface area contributed by atoms with E-state index in [-0.39, 0.29) is 5.91 Å². The van der Waals surface area contributed by atoms with Crippen LogP contribution in [-0.4, -0.2) is 25.0 Å². The van der Waals surface area contributed by atoms with Gasteiger partial charge >= 0.3 is 0 Å². The molecule has 1 saturated heterocycles. The predicted octanol–water partition coefficient (Wildman–Crippen LogP) is 2.74. The minimum absolute atomic E-state index is 0.107. The molecular formula is C15H24N2OS. The summed E-state index contributed by atoms with van der Waals surface area (Å²) in [4.78, 5) is 14.5. The highest BCUT2D eigenvalue weighted by Gasteiger charge is 2.18. The summed E-state index contributed by atoms with van der Waals surface area (Å²) in [6.45, 7) is 6.33. The van der Waals surface area contributed by atoms with Crippen molar-refractivity contribution < 1.29 is 4.79 Å². The summed E-state index contributed by atoms with van der Waals surface area (Å²) in [5.74, 6) is 0.107. The molecule has 0 bridgehead atoms. The lowest BCUT2D eigenvalue weighted by Crippen LogP contribution is -2.45. The topological polar surface area (TPSA) is 41.1 Å². The van der Waals surface area contributed by atoms with E-state index in [0.29, 0.717) is 6.04 Å². The molecule has 19 heavy (non-hydrogen) atoms. The first-order chi connectivity index (χ1) is 9.24. The second-order valence-electron chi connectivity index (χ2n) is 5.18. The molecule has 0 spiro atoms. The molecule has 0 radical (unpaired) electrons. The number of nitrogens with one attached hydrogen (secondary N) is 2. The van der Waals surface area contributed by atoms with Crippen LogP contribution in [0.15, 0.2) is 6.07 Å². The van der Waals surface area contributed by atoms with Crippen molar-refractivity contribution in [3.05, 3.63) is 21.4 Å². The number of amides is 1. The van der Waals surface area contributed by atoms with Crippen molar-refractivity contribution in [1.29, 1.82) is 0 Å². The van der Waals surface area contributed by atoms with Gasteiger partial charge in [-0.15, -0.1) is 11.3 Å². The summed E-state index contributed by atoms with van der Waals surface area (Å²) in [7, 11) is 0. The first kappa shape index (κ1) is 14.5. The summed E-state index contributed by atoms with van der Waals surface area (Å²) < 4.78 is 0. The van der Waals surface area contributed by atoms with Crippen molar-refractivity contribution in [2.75, 3.05) is 13.1 Å². The fourth-order valence-electron chi connectivity index (χ4n) is 2.55. The van der Waals surface area contributed by atoms with E-state index in [4.69, 9.17) is 0 Å². The van der Waals surface area contributed by atoms with Crippen LogP contribution in [0.25, 0.3) is 0 Å². The Hall–Kier alpha value is -0.870. The van der Waals surface area contributed by atoms with Crippen LogP contribution in [0.4, 0.5) is 0 Å². The molecule has 3 nitrogen and oxygen atoms in total. The quantitative estimate of drug-likeness (QED) is 0.871. The number of carbonyl (C=O) groups excluding carboxylic acids is 1. The third-order valence-corrected chi connectivity index (χ3v) is 4.85. The maximum atomic E-state index is 12.3. The van der Waals surface area contributed by atoms with Crippen molar-refractivity contribution in [2.24, 2.45) is 0 Å². The van der Waals surface area contributed by atoms with Crippen molar-refractivity contribution >= 4 is 17.2 Å². The first-order valence-corrected chi connectivity index (χ1v) is 8.19. The van der Waals surface area contributed by atoms with Crippen LogP contribution in [-0.2, 0) is 12.8 Å². The molecule has 1 amide bonds. The van der Waals surface area contributed by atoms with Crippen LogP contribution in [0.3, 0.4) is 0 Å². The Morgan fingerprint density at radius 2 is 2.37 bits per heavy atom. The molecule has 0 saturated carbocycles. The molecule has 4 heteroatoms. The maximum Gasteiger partial charge on any atom is 0.261 e. The third kappa shape index (κ3) is 3.80. The number of hydrogen-bond acceptors (Lipinski definition) is 3. The molecule has 2 N–H and O–H groups in total. The average molecular weight is 280 g/mol. The second kappa shape index (κ2) is 7.06. The predicted molar refractivity (Wildman–Crippen MR) is 81.0 cm³/mol. The smallest absolute Gasteiger partial charge is 0.261 e. The molecule has 2 heterocycles. The van der Waals surface area contributed by atoms with E-state index in [0.717, 1.165) is 50.1 Å². The Kier molecular flexibility index (Phi) is 5.40. The fourth-order valence-corrected chi connectivity index (χ4v) is 3.81. The maximum absolute atomic E-state index is 12.3. The van der Waals surface area contributed by atoms with Crippen LogP contribution in [0.1, 0.15) is 53.2 Å². The van der Waals surface area contributed by atoms with E-state index >= 15 is 0 Å². The van der Waals surface area contributed by atoms with Gasteiger partial charge in [0.1, 0.15) is 0 Å². The minimum atomic E-state index is 0.107. The van der Waals surface area contributed by atoms with Gasteiger partial charge in [-0.25, -0.2) is 0 Å². The lowest BCUT2D eigenvalue weighted by molar-refractivity contribution is 0.0935. The summed E-state index contributed by atoms with van der Waals surface area (Å²) in [6.07, 6.45) is 5.49. The largest absolute Gasteiger partial charge is 0.347 e. The normalized spacial score (nSPS) is 19.4. The van der Waals surface area contributed by atoms with E-state index in [9.17, 15) is 4.79 Å². The summed E-state index contributed by atoms with van der Waals surface area (Å²) >= 11 is 1.67. The van der Waals surface area contributed by atoms with E-state index in [2.05, 4.69) is 30.5 Å². The molecule has 1 fully saturated rings. The number of rotatable bonds is 5. The van der Waals surface area contributed by atoms with Crippen molar-refractivity contribution in [1.82, 2.24) is 10.6 Å². The molecular weight excluding hydrogens is 256 g/mol. The SMILES string of the molecule is CCCc1sc(C(=O)N[C@H]2CCCNC2)cc1CC. The molecule has 0 aliphatic carbocycles. The van der Waals surface area contributed by atoms with Crippen LogP contribution in [0.5, 0.6) is 0 Å². The summed E-state index contributed by atoms with van der Waals surface area (Å²) in [6, 6.07) is 2.38. The Bertz CT molecular complexity index is 422. The first-order valence-electron chi connectivity index (χ1n) is 7.37. The van der Waals surface area contributed by atoms with Gasteiger partial charge in [0.2, 0.25) is 0 Å². The molecule has 0 aromatic carbocycles. The van der Waals surface area contributed by atoms with Gasteiger partial charge in [0.05, 0.1) is 4.88 Å². The lowest BCUT2D eigenvalue weighted by Gasteiger charge is -2.23. The number of thiophene rings is 1. The Balaban J connectivity index is 2.01. The highest BCUT2D eigenvalue weighted by Crippen LogP contribution is 2.24. The monoisotopic (exact) mass is 280 g/mol. The third-order valence-electron chi connectivity index (χ3n) is 3.61. The van der Waals surface area contributed by atoms with Gasteiger partial charge in [-0.05, 0) is 43.9 Å². The number of aryl methyl sites for hydroxylation is 2. The van der Waals surface area contributed by atoms with Crippen molar-refractivity contribution in [2.45, 2.75) is 52.0 Å². The van der Waals surface area contributed by atoms with E-state index in [1.165, 1.54) is 10.4 Å². The Morgan fingerprint density at radius 1 is 1.53 bits per heavy atom. The minimum Gasteiger partial charge on any atom is -0.347 e. The molecule has 0 unspecified atom stereocenters. The summed E-state index contributed by atoms with van der Waals surface area (Å²) in [5, 5.41) is 6.48. The molecule has 1 atom stereocenters. The van der Waals surface area contributed by atoms with E-state index in [1.54, 1.807) is 11.3 Å². The van der Waals surface area contributed by atoms with Crippen molar-refractivity contribution in [3.63, 3.8) is 0 Å². The van der Waals surface area contributed by atoms with Crippen LogP contribution >= 0.6 is 11.3 Å². The van der Waals surface area contributed by atoms with Gasteiger partial charge in [-0.2, -0.15) is 0 Å². The number of piperidine rings is 1. The highest BCUT2D eigenvalue weighted by atomic mass is 32.1. The molecule has 1 aromatic heterocycles. The van der Waals surface area contributed by atoms with Crippen LogP contribution in [0.2, 0.25) is 0 Å². The molecule has 1 aliphatic rings. The molecule has 106 valence electrons. The zero-order chi connectivity index (χ0) is 13.7. The average Bonchev–Trinajstić information content (AvgIpc) is 2.83. The Labute approximate surface area is 119 Å². The highest BCUT2D eigenvalue weighted by molar-refractivity contribution is 7.14. The van der Waals surface area contributed by atoms with E-state index < -0.39 is 0 Å². The number of hydrogen-bond donors (Lipinski definition) is 2. The molecule has 2 rings (SSSR count). The molecule has 1 aliphatic heterocycles. The van der Waals surface area contributed by atoms with Gasteiger partial charge in [-0.3, -0.25) is 4.79 Å². The molecule has 1 aromatic rings. The van der Waals surface area contributed by atoms with Crippen molar-refractivity contribution in [3.8, 4) is 0 Å². The fraction of sp³-hybridized carbons (Fsp3) is 0.667. The van der Waals surface area contributed by atoms with Gasteiger partial charge in [0.25, 0.3) is 5.91 Å². The second-order valence-corrected chi connectivity index (χ2v) is 6.32. The van der Waals surface area contributed by atoms with Crippen LogP contribution < -0.4 is 10.6 Å². The zero-order valence-corrected chi connectivity index (χ0v) is 12.7. The van der Waals surface area contributed by atoms with Crippen LogP contribution in [0, 0.1) is 0 Å². The summed E-state index contributed by atoms with van der Waals surface area (Å²) in [5.41, 5.74) is 1.35. The Morgan fingerprint density at radius 3 is 3.00 bits per heavy atom. The van der Waals surface area contributed by atoms with Gasteiger partial charge < -0.3 is 10.6 Å². The van der Waals surface area contributed by atoms with Gasteiger partial charge in [0.15, 0.2) is 0 Å². The van der Waals surface area contributed by atoms with E-state index in [1.807, 2.05) is 0 Å². The van der Waals surface area contributed by atoms with Gasteiger partial charge in [-0.1, -0.05) is 20.3 Å². The standard InChI is InChI=1S/C15H24N2OS/c1-3-6-13-11(4-2)9-14(19-13)15(18)17-12-7-5-8-16-10-12/h9,12,16H,3-8,10H2,1-2H3,(H,17,18)/t12-/m0/s1. The lowest BCUT2D eigenvalue weighted by atomic mass is 10.1. The number of carbonyl (C=O) groups is 1.